The molecule has 2 heteroatoms. The monoisotopic (exact) mass is 173 g/mol. The summed E-state index contributed by atoms with van der Waals surface area (Å²) >= 11 is 0. The number of nitrogens with zero attached hydrogens (tertiary/aromatic N) is 1. The lowest BCUT2D eigenvalue weighted by Gasteiger charge is -2.47. The Labute approximate surface area is 74.9 Å². The Morgan fingerprint density at radius 2 is 2.17 bits per heavy atom. The van der Waals surface area contributed by atoms with Gasteiger partial charge in [0.05, 0.1) is 0 Å². The molecule has 2 aliphatic heterocycles. The number of fused-ring (bicyclic) bond motifs is 1. The molecule has 12 heavy (non-hydrogen) atoms. The summed E-state index contributed by atoms with van der Waals surface area (Å²) in [6, 6.07) is 0. The van der Waals surface area contributed by atoms with E-state index in [4.69, 9.17) is 0 Å². The molecule has 0 aromatic carbocycles. The van der Waals surface area contributed by atoms with Crippen molar-refractivity contribution >= 4 is 0 Å². The largest absolute Gasteiger partial charge is 0.295 e. The summed E-state index contributed by atoms with van der Waals surface area (Å²) in [5.41, 5.74) is 0.305. The molecule has 2 fully saturated rings. The predicted molar refractivity (Wildman–Crippen MR) is 50.1 cm³/mol. The van der Waals surface area contributed by atoms with Gasteiger partial charge in [-0.2, -0.15) is 0 Å². The van der Waals surface area contributed by atoms with E-state index in [0.717, 1.165) is 19.4 Å². The summed E-state index contributed by atoms with van der Waals surface area (Å²) in [4.78, 5) is 2.30. The molecule has 1 nitrogen and oxygen atoms in total. The van der Waals surface area contributed by atoms with Crippen LogP contribution in [0.4, 0.5) is 4.39 Å². The van der Waals surface area contributed by atoms with Gasteiger partial charge in [-0.05, 0) is 19.3 Å². The fourth-order valence-electron chi connectivity index (χ4n) is 2.36. The van der Waals surface area contributed by atoms with E-state index in [0.29, 0.717) is 12.1 Å². The molecule has 0 amide bonds. The van der Waals surface area contributed by atoms with E-state index in [1.165, 1.54) is 6.42 Å². The Morgan fingerprint density at radius 3 is 2.42 bits per heavy atom. The van der Waals surface area contributed by atoms with E-state index in [9.17, 15) is 4.39 Å². The Morgan fingerprint density at radius 1 is 1.50 bits per heavy atom. The summed E-state index contributed by atoms with van der Waals surface area (Å²) in [5.74, 6) is 0. The van der Waals surface area contributed by atoms with Crippen molar-refractivity contribution in [3.05, 3.63) is 0 Å². The highest BCUT2D eigenvalue weighted by Gasteiger charge is 2.50. The van der Waals surface area contributed by atoms with Gasteiger partial charge in [0, 0.05) is 18.6 Å². The van der Waals surface area contributed by atoms with Crippen LogP contribution >= 0.6 is 0 Å². The summed E-state index contributed by atoms with van der Waals surface area (Å²) in [6.45, 7) is 8.01. The van der Waals surface area contributed by atoms with Gasteiger partial charge in [0.1, 0.15) is 6.17 Å². The SMILES string of the molecule is CC.CCC12CCN1CC(F)C2. The zero-order valence-corrected chi connectivity index (χ0v) is 8.44. The van der Waals surface area contributed by atoms with Crippen molar-refractivity contribution in [2.24, 2.45) is 0 Å². The molecule has 2 heterocycles. The molecule has 0 aromatic heterocycles. The Balaban J connectivity index is 0.000000336. The first-order chi connectivity index (χ1) is 5.77. The standard InChI is InChI=1S/C8H14FN.C2H6/c1-2-8-3-4-10(8)6-7(9)5-8;1-2/h7H,2-6H2,1H3;1-2H3. The highest BCUT2D eigenvalue weighted by Crippen LogP contribution is 2.43. The summed E-state index contributed by atoms with van der Waals surface area (Å²) in [7, 11) is 0. The summed E-state index contributed by atoms with van der Waals surface area (Å²) in [6.07, 6.45) is 2.61. The Kier molecular flexibility index (Phi) is 3.10. The molecule has 2 saturated heterocycles. The smallest absolute Gasteiger partial charge is 0.115 e. The van der Waals surface area contributed by atoms with Crippen LogP contribution < -0.4 is 0 Å². The second kappa shape index (κ2) is 3.73. The Bertz CT molecular complexity index is 145. The molecule has 0 spiro atoms. The Hall–Kier alpha value is -0.110. The highest BCUT2D eigenvalue weighted by molar-refractivity contribution is 5.05. The third-order valence-corrected chi connectivity index (χ3v) is 3.20. The van der Waals surface area contributed by atoms with E-state index >= 15 is 0 Å². The van der Waals surface area contributed by atoms with E-state index in [2.05, 4.69) is 11.8 Å². The zero-order chi connectivity index (χ0) is 9.19. The minimum absolute atomic E-state index is 0.305. The van der Waals surface area contributed by atoms with E-state index in [1.54, 1.807) is 0 Å². The van der Waals surface area contributed by atoms with Crippen molar-refractivity contribution < 1.29 is 4.39 Å². The first-order valence-electron chi connectivity index (χ1n) is 5.16. The van der Waals surface area contributed by atoms with Crippen LogP contribution in [0.25, 0.3) is 0 Å². The van der Waals surface area contributed by atoms with Crippen LogP contribution in [-0.2, 0) is 0 Å². The van der Waals surface area contributed by atoms with Crippen molar-refractivity contribution in [1.82, 2.24) is 4.90 Å². The quantitative estimate of drug-likeness (QED) is 0.589. The van der Waals surface area contributed by atoms with Crippen molar-refractivity contribution in [2.75, 3.05) is 13.1 Å². The summed E-state index contributed by atoms with van der Waals surface area (Å²) < 4.78 is 12.9. The molecule has 2 rings (SSSR count). The van der Waals surface area contributed by atoms with Crippen molar-refractivity contribution in [1.29, 1.82) is 0 Å². The van der Waals surface area contributed by atoms with Crippen LogP contribution in [0.1, 0.15) is 40.0 Å². The second-order valence-corrected chi connectivity index (χ2v) is 3.58. The molecule has 0 aliphatic carbocycles. The van der Waals surface area contributed by atoms with Gasteiger partial charge >= 0.3 is 0 Å². The minimum Gasteiger partial charge on any atom is -0.295 e. The maximum atomic E-state index is 12.9. The van der Waals surface area contributed by atoms with Crippen molar-refractivity contribution in [3.63, 3.8) is 0 Å². The lowest BCUT2D eigenvalue weighted by Crippen LogP contribution is -2.54. The zero-order valence-electron chi connectivity index (χ0n) is 8.44. The normalized spacial score (nSPS) is 39.5. The fraction of sp³-hybridized carbons (Fsp3) is 1.00. The van der Waals surface area contributed by atoms with Crippen molar-refractivity contribution in [3.8, 4) is 0 Å². The van der Waals surface area contributed by atoms with Crippen LogP contribution in [0.5, 0.6) is 0 Å². The van der Waals surface area contributed by atoms with Gasteiger partial charge in [0.2, 0.25) is 0 Å². The molecular weight excluding hydrogens is 153 g/mol. The first kappa shape index (κ1) is 9.97. The first-order valence-corrected chi connectivity index (χ1v) is 5.16. The molecule has 0 N–H and O–H groups in total. The maximum Gasteiger partial charge on any atom is 0.115 e. The fourth-order valence-corrected chi connectivity index (χ4v) is 2.36. The third-order valence-electron chi connectivity index (χ3n) is 3.20. The van der Waals surface area contributed by atoms with Crippen LogP contribution in [-0.4, -0.2) is 29.7 Å². The minimum atomic E-state index is -0.539. The van der Waals surface area contributed by atoms with E-state index in [1.807, 2.05) is 13.8 Å². The highest BCUT2D eigenvalue weighted by atomic mass is 19.1. The van der Waals surface area contributed by atoms with Crippen LogP contribution in [0, 0.1) is 0 Å². The van der Waals surface area contributed by atoms with E-state index in [-0.39, 0.29) is 0 Å². The van der Waals surface area contributed by atoms with Crippen molar-refractivity contribution in [2.45, 2.75) is 51.7 Å². The predicted octanol–water partition coefficient (Wildman–Crippen LogP) is 2.61. The second-order valence-electron chi connectivity index (χ2n) is 3.58. The lowest BCUT2D eigenvalue weighted by atomic mass is 9.82. The molecule has 72 valence electrons. The van der Waals surface area contributed by atoms with Gasteiger partial charge in [0.25, 0.3) is 0 Å². The summed E-state index contributed by atoms with van der Waals surface area (Å²) in [5, 5.41) is 0. The molecule has 2 unspecified atom stereocenters. The molecule has 0 saturated carbocycles. The maximum absolute atomic E-state index is 12.9. The number of halogens is 1. The molecule has 2 atom stereocenters. The van der Waals surface area contributed by atoms with Gasteiger partial charge in [-0.3, -0.25) is 4.90 Å². The number of rotatable bonds is 1. The van der Waals surface area contributed by atoms with Gasteiger partial charge in [-0.25, -0.2) is 4.39 Å². The number of hydrogen-bond donors (Lipinski definition) is 0. The average molecular weight is 173 g/mol. The number of hydrogen-bond acceptors (Lipinski definition) is 1. The molecule has 0 aromatic rings. The van der Waals surface area contributed by atoms with Crippen LogP contribution in [0.3, 0.4) is 0 Å². The lowest BCUT2D eigenvalue weighted by molar-refractivity contribution is 0.0244. The average Bonchev–Trinajstić information content (AvgIpc) is 2.31. The topological polar surface area (TPSA) is 3.24 Å². The molecule has 0 bridgehead atoms. The molecule has 2 aliphatic rings. The van der Waals surface area contributed by atoms with Gasteiger partial charge in [0.15, 0.2) is 0 Å². The van der Waals surface area contributed by atoms with E-state index < -0.39 is 6.17 Å². The van der Waals surface area contributed by atoms with Gasteiger partial charge in [-0.1, -0.05) is 20.8 Å². The molecular formula is C10H20FN. The third kappa shape index (κ3) is 1.37. The van der Waals surface area contributed by atoms with Gasteiger partial charge in [-0.15, -0.1) is 0 Å². The molecule has 0 radical (unpaired) electrons. The number of alkyl halides is 1. The van der Waals surface area contributed by atoms with Gasteiger partial charge < -0.3 is 0 Å². The van der Waals surface area contributed by atoms with Crippen LogP contribution in [0.15, 0.2) is 0 Å². The van der Waals surface area contributed by atoms with Crippen LogP contribution in [0.2, 0.25) is 0 Å².